The van der Waals surface area contributed by atoms with Gasteiger partial charge in [-0.25, -0.2) is 9.98 Å². The highest BCUT2D eigenvalue weighted by atomic mass is 32.1. The molecule has 6 nitrogen and oxygen atoms in total. The fraction of sp³-hybridized carbons (Fsp3) is 0.176. The Bertz CT molecular complexity index is 821. The lowest BCUT2D eigenvalue weighted by molar-refractivity contribution is 0.385. The molecule has 0 bridgehead atoms. The number of ether oxygens (including phenoxy) is 2. The Morgan fingerprint density at radius 3 is 2.50 bits per heavy atom. The summed E-state index contributed by atoms with van der Waals surface area (Å²) in [5.41, 5.74) is 7.76. The van der Waals surface area contributed by atoms with Gasteiger partial charge in [-0.1, -0.05) is 29.5 Å². The van der Waals surface area contributed by atoms with Crippen LogP contribution in [0.3, 0.4) is 0 Å². The Morgan fingerprint density at radius 2 is 1.83 bits per heavy atom. The number of aromatic nitrogens is 1. The minimum absolute atomic E-state index is 0.294. The van der Waals surface area contributed by atoms with Gasteiger partial charge in [0.2, 0.25) is 0 Å². The fourth-order valence-corrected chi connectivity index (χ4v) is 3.20. The van der Waals surface area contributed by atoms with Crippen LogP contribution in [-0.4, -0.2) is 25.2 Å². The number of aliphatic imine (C=N–C) groups is 1. The fourth-order valence-electron chi connectivity index (χ4n) is 2.32. The molecule has 24 heavy (non-hydrogen) atoms. The number of rotatable bonds is 5. The summed E-state index contributed by atoms with van der Waals surface area (Å²) in [5, 5.41) is 3.74. The molecule has 1 heterocycles. The Hall–Kier alpha value is -2.80. The summed E-state index contributed by atoms with van der Waals surface area (Å²) in [6.07, 6.45) is 0. The van der Waals surface area contributed by atoms with E-state index >= 15 is 0 Å². The van der Waals surface area contributed by atoms with Gasteiger partial charge in [0, 0.05) is 0 Å². The van der Waals surface area contributed by atoms with Crippen molar-refractivity contribution in [3.8, 4) is 11.5 Å². The Labute approximate surface area is 144 Å². The summed E-state index contributed by atoms with van der Waals surface area (Å²) in [6, 6.07) is 13.5. The van der Waals surface area contributed by atoms with E-state index in [1.165, 1.54) is 11.3 Å². The van der Waals surface area contributed by atoms with Crippen LogP contribution in [-0.2, 0) is 6.54 Å². The number of methoxy groups -OCH3 is 2. The van der Waals surface area contributed by atoms with E-state index in [9.17, 15) is 0 Å². The van der Waals surface area contributed by atoms with E-state index in [0.29, 0.717) is 29.1 Å². The van der Waals surface area contributed by atoms with E-state index in [4.69, 9.17) is 15.2 Å². The topological polar surface area (TPSA) is 81.8 Å². The van der Waals surface area contributed by atoms with Gasteiger partial charge in [0.25, 0.3) is 0 Å². The van der Waals surface area contributed by atoms with Crippen molar-refractivity contribution in [2.75, 3.05) is 19.5 Å². The van der Waals surface area contributed by atoms with E-state index < -0.39 is 0 Å². The third-order valence-corrected chi connectivity index (χ3v) is 4.42. The summed E-state index contributed by atoms with van der Waals surface area (Å²) in [5.74, 6) is 1.72. The van der Waals surface area contributed by atoms with Crippen LogP contribution in [0.5, 0.6) is 11.5 Å². The van der Waals surface area contributed by atoms with Crippen molar-refractivity contribution in [3.05, 3.63) is 48.0 Å². The van der Waals surface area contributed by atoms with Gasteiger partial charge >= 0.3 is 0 Å². The van der Waals surface area contributed by atoms with E-state index in [2.05, 4.69) is 15.3 Å². The molecule has 0 amide bonds. The van der Waals surface area contributed by atoms with Crippen molar-refractivity contribution in [1.82, 2.24) is 4.98 Å². The van der Waals surface area contributed by atoms with Gasteiger partial charge in [-0.05, 0) is 24.3 Å². The zero-order chi connectivity index (χ0) is 16.9. The standard InChI is InChI=1S/C17H18N4O2S/c1-22-13-7-5-8-14(23-2)11(13)10-19-16(18)21-17-20-12-6-3-4-9-15(12)24-17/h3-9H,10H2,1-2H3,(H3,18,19,20,21). The van der Waals surface area contributed by atoms with Crippen molar-refractivity contribution in [1.29, 1.82) is 0 Å². The first-order valence-corrected chi connectivity index (χ1v) is 8.15. The van der Waals surface area contributed by atoms with Gasteiger partial charge < -0.3 is 20.5 Å². The smallest absolute Gasteiger partial charge is 0.195 e. The molecule has 0 atom stereocenters. The molecule has 3 N–H and O–H groups in total. The number of para-hydroxylation sites is 1. The second-order valence-electron chi connectivity index (χ2n) is 4.95. The predicted molar refractivity (Wildman–Crippen MR) is 98.1 cm³/mol. The molecule has 3 rings (SSSR count). The first-order valence-electron chi connectivity index (χ1n) is 7.33. The van der Waals surface area contributed by atoms with E-state index in [1.807, 2.05) is 42.5 Å². The molecule has 3 aromatic rings. The number of guanidine groups is 1. The lowest BCUT2D eigenvalue weighted by Gasteiger charge is -2.11. The number of benzene rings is 2. The Morgan fingerprint density at radius 1 is 1.12 bits per heavy atom. The molecular formula is C17H18N4O2S. The van der Waals surface area contributed by atoms with Crippen LogP contribution in [0.25, 0.3) is 10.2 Å². The quantitative estimate of drug-likeness (QED) is 0.549. The normalized spacial score (nSPS) is 11.5. The lowest BCUT2D eigenvalue weighted by atomic mass is 10.2. The van der Waals surface area contributed by atoms with Crippen molar-refractivity contribution < 1.29 is 9.47 Å². The maximum atomic E-state index is 5.98. The summed E-state index contributed by atoms with van der Waals surface area (Å²) in [6.45, 7) is 0.344. The van der Waals surface area contributed by atoms with Crippen LogP contribution in [0.15, 0.2) is 47.5 Å². The van der Waals surface area contributed by atoms with Crippen molar-refractivity contribution in [3.63, 3.8) is 0 Å². The number of hydrogen-bond donors (Lipinski definition) is 2. The molecule has 0 aliphatic heterocycles. The second kappa shape index (κ2) is 7.18. The molecular weight excluding hydrogens is 324 g/mol. The van der Waals surface area contributed by atoms with Gasteiger partial charge in [-0.3, -0.25) is 0 Å². The minimum Gasteiger partial charge on any atom is -0.496 e. The molecule has 0 saturated heterocycles. The van der Waals surface area contributed by atoms with Crippen LogP contribution < -0.4 is 20.5 Å². The maximum Gasteiger partial charge on any atom is 0.195 e. The van der Waals surface area contributed by atoms with E-state index in [1.54, 1.807) is 14.2 Å². The predicted octanol–water partition coefficient (Wildman–Crippen LogP) is 3.24. The molecule has 0 unspecified atom stereocenters. The number of thiazole rings is 1. The number of fused-ring (bicyclic) bond motifs is 1. The number of nitrogens with two attached hydrogens (primary N) is 1. The monoisotopic (exact) mass is 342 g/mol. The average molecular weight is 342 g/mol. The number of anilines is 1. The molecule has 0 radical (unpaired) electrons. The van der Waals surface area contributed by atoms with Gasteiger partial charge in [0.1, 0.15) is 11.5 Å². The summed E-state index contributed by atoms with van der Waals surface area (Å²) in [4.78, 5) is 8.84. The van der Waals surface area contributed by atoms with Crippen LogP contribution in [0, 0.1) is 0 Å². The molecule has 7 heteroatoms. The Balaban J connectivity index is 1.77. The molecule has 1 aromatic heterocycles. The second-order valence-corrected chi connectivity index (χ2v) is 5.98. The number of hydrogen-bond acceptors (Lipinski definition) is 5. The van der Waals surface area contributed by atoms with Crippen molar-refractivity contribution in [2.24, 2.45) is 10.7 Å². The van der Waals surface area contributed by atoms with Gasteiger partial charge in [-0.15, -0.1) is 0 Å². The molecule has 0 spiro atoms. The van der Waals surface area contributed by atoms with Crippen LogP contribution >= 0.6 is 11.3 Å². The van der Waals surface area contributed by atoms with Crippen LogP contribution in [0.1, 0.15) is 5.56 Å². The number of nitrogens with zero attached hydrogens (tertiary/aromatic N) is 2. The zero-order valence-corrected chi connectivity index (χ0v) is 14.3. The van der Waals surface area contributed by atoms with Crippen molar-refractivity contribution in [2.45, 2.75) is 6.54 Å². The van der Waals surface area contributed by atoms with Gasteiger partial charge in [0.15, 0.2) is 11.1 Å². The first-order chi connectivity index (χ1) is 11.7. The molecule has 0 saturated carbocycles. The molecule has 0 fully saturated rings. The highest BCUT2D eigenvalue weighted by molar-refractivity contribution is 7.22. The minimum atomic E-state index is 0.294. The first kappa shape index (κ1) is 16.1. The summed E-state index contributed by atoms with van der Waals surface area (Å²) in [7, 11) is 3.23. The lowest BCUT2D eigenvalue weighted by Crippen LogP contribution is -2.22. The van der Waals surface area contributed by atoms with Crippen molar-refractivity contribution >= 4 is 32.6 Å². The molecule has 2 aromatic carbocycles. The molecule has 0 aliphatic carbocycles. The zero-order valence-electron chi connectivity index (χ0n) is 13.4. The van der Waals surface area contributed by atoms with E-state index in [-0.39, 0.29) is 0 Å². The van der Waals surface area contributed by atoms with Gasteiger partial charge in [0.05, 0.1) is 36.5 Å². The van der Waals surface area contributed by atoms with Crippen LogP contribution in [0.4, 0.5) is 5.13 Å². The van der Waals surface area contributed by atoms with Crippen LogP contribution in [0.2, 0.25) is 0 Å². The molecule has 124 valence electrons. The largest absolute Gasteiger partial charge is 0.496 e. The third-order valence-electron chi connectivity index (χ3n) is 3.47. The summed E-state index contributed by atoms with van der Waals surface area (Å²) >= 11 is 1.53. The third kappa shape index (κ3) is 3.41. The highest BCUT2D eigenvalue weighted by Gasteiger charge is 2.10. The Kier molecular flexibility index (Phi) is 4.81. The van der Waals surface area contributed by atoms with Gasteiger partial charge in [-0.2, -0.15) is 0 Å². The summed E-state index contributed by atoms with van der Waals surface area (Å²) < 4.78 is 11.8. The number of nitrogens with one attached hydrogen (secondary N) is 1. The maximum absolute atomic E-state index is 5.98. The van der Waals surface area contributed by atoms with E-state index in [0.717, 1.165) is 15.8 Å². The molecule has 0 aliphatic rings. The highest BCUT2D eigenvalue weighted by Crippen LogP contribution is 2.29. The average Bonchev–Trinajstić information content (AvgIpc) is 3.01. The SMILES string of the molecule is COc1cccc(OC)c1CN=C(N)Nc1nc2ccccc2s1.